The number of aliphatic hydroxyl groups is 2. The highest BCUT2D eigenvalue weighted by molar-refractivity contribution is 7.57. The third-order valence-corrected chi connectivity index (χ3v) is 4.06. The molecule has 0 radical (unpaired) electrons. The summed E-state index contributed by atoms with van der Waals surface area (Å²) in [5.74, 6) is -0.611. The van der Waals surface area contributed by atoms with E-state index in [1.165, 1.54) is 30.2 Å². The zero-order chi connectivity index (χ0) is 16.5. The fraction of sp³-hybridized carbons (Fsp3) is 0.538. The topological polar surface area (TPSA) is 123 Å². The van der Waals surface area contributed by atoms with Crippen LogP contribution in [0.1, 0.15) is 16.6 Å². The van der Waals surface area contributed by atoms with Gasteiger partial charge >= 0.3 is 0 Å². The van der Waals surface area contributed by atoms with E-state index in [1.807, 2.05) is 0 Å². The highest BCUT2D eigenvalue weighted by atomic mass is 31.2. The van der Waals surface area contributed by atoms with Gasteiger partial charge in [-0.2, -0.15) is 4.57 Å². The van der Waals surface area contributed by atoms with Gasteiger partial charge < -0.3 is 25.2 Å². The predicted octanol–water partition coefficient (Wildman–Crippen LogP) is -0.753. The van der Waals surface area contributed by atoms with Crippen molar-refractivity contribution in [2.45, 2.75) is 24.5 Å². The summed E-state index contributed by atoms with van der Waals surface area (Å²) in [7, 11) is -2.72. The molecule has 22 heavy (non-hydrogen) atoms. The van der Waals surface area contributed by atoms with Crippen LogP contribution in [0.15, 0.2) is 24.5 Å². The van der Waals surface area contributed by atoms with E-state index >= 15 is 0 Å². The van der Waals surface area contributed by atoms with Crippen molar-refractivity contribution in [3.8, 4) is 0 Å². The summed E-state index contributed by atoms with van der Waals surface area (Å²) >= 11 is 0. The Morgan fingerprint density at radius 2 is 2.14 bits per heavy atom. The van der Waals surface area contributed by atoms with Crippen molar-refractivity contribution in [2.75, 3.05) is 19.9 Å². The largest absolute Gasteiger partial charge is 0.387 e. The van der Waals surface area contributed by atoms with E-state index in [0.29, 0.717) is 0 Å². The molecule has 0 spiro atoms. The Labute approximate surface area is 127 Å². The first-order valence-corrected chi connectivity index (χ1v) is 9.22. The van der Waals surface area contributed by atoms with Gasteiger partial charge in [-0.1, -0.05) is 0 Å². The summed E-state index contributed by atoms with van der Waals surface area (Å²) in [5, 5.41) is 20.1. The molecular weight excluding hydrogens is 311 g/mol. The molecule has 1 aliphatic heterocycles. The van der Waals surface area contributed by atoms with Crippen LogP contribution < -0.4 is 10.3 Å². The number of carbonyl (C=O) groups excluding carboxylic acids is 1. The van der Waals surface area contributed by atoms with Gasteiger partial charge in [0.25, 0.3) is 12.1 Å². The average molecular weight is 331 g/mol. The number of rotatable bonds is 5. The summed E-state index contributed by atoms with van der Waals surface area (Å²) in [5.41, 5.74) is 5.46. The molecule has 1 amide bonds. The number of primary amides is 1. The molecule has 1 aromatic rings. The molecule has 4 N–H and O–H groups in total. The number of aliphatic hydroxyl groups excluding tert-OH is 2. The summed E-state index contributed by atoms with van der Waals surface area (Å²) in [6.45, 7) is 2.80. The van der Waals surface area contributed by atoms with Crippen molar-refractivity contribution >= 4 is 13.3 Å². The Hall–Kier alpha value is -1.31. The van der Waals surface area contributed by atoms with E-state index in [-0.39, 0.29) is 12.2 Å². The maximum Gasteiger partial charge on any atom is 0.292 e. The molecule has 1 aliphatic rings. The zero-order valence-corrected chi connectivity index (χ0v) is 13.2. The Bertz CT molecular complexity index is 604. The van der Waals surface area contributed by atoms with Gasteiger partial charge in [-0.15, -0.1) is 0 Å². The molecule has 9 heteroatoms. The Morgan fingerprint density at radius 3 is 2.73 bits per heavy atom. The lowest BCUT2D eigenvalue weighted by molar-refractivity contribution is -0.765. The maximum absolute atomic E-state index is 11.6. The molecule has 4 atom stereocenters. The predicted molar refractivity (Wildman–Crippen MR) is 76.5 cm³/mol. The van der Waals surface area contributed by atoms with Crippen molar-refractivity contribution in [1.29, 1.82) is 0 Å². The van der Waals surface area contributed by atoms with Crippen molar-refractivity contribution < 1.29 is 33.4 Å². The highest BCUT2D eigenvalue weighted by Crippen LogP contribution is 2.38. The van der Waals surface area contributed by atoms with Crippen LogP contribution in [0.5, 0.6) is 0 Å². The first kappa shape index (κ1) is 17.1. The lowest BCUT2D eigenvalue weighted by Crippen LogP contribution is -2.46. The van der Waals surface area contributed by atoms with Crippen molar-refractivity contribution in [3.63, 3.8) is 0 Å². The summed E-state index contributed by atoms with van der Waals surface area (Å²) in [4.78, 5) is 11.2. The molecule has 122 valence electrons. The van der Waals surface area contributed by atoms with Gasteiger partial charge in [0.2, 0.25) is 0 Å². The minimum Gasteiger partial charge on any atom is -0.387 e. The fourth-order valence-electron chi connectivity index (χ4n) is 2.16. The van der Waals surface area contributed by atoms with Crippen LogP contribution in [0.3, 0.4) is 0 Å². The number of pyridine rings is 1. The molecule has 2 heterocycles. The average Bonchev–Trinajstić information content (AvgIpc) is 2.72. The molecule has 1 saturated heterocycles. The van der Waals surface area contributed by atoms with Crippen LogP contribution in [0.4, 0.5) is 0 Å². The van der Waals surface area contributed by atoms with Gasteiger partial charge in [0, 0.05) is 19.4 Å². The Kier molecular flexibility index (Phi) is 4.99. The van der Waals surface area contributed by atoms with Crippen LogP contribution in [-0.2, 0) is 13.8 Å². The lowest BCUT2D eigenvalue weighted by Gasteiger charge is -2.15. The van der Waals surface area contributed by atoms with E-state index in [2.05, 4.69) is 0 Å². The smallest absolute Gasteiger partial charge is 0.292 e. The normalized spacial score (nSPS) is 28.7. The van der Waals surface area contributed by atoms with Gasteiger partial charge in [-0.05, 0) is 6.07 Å². The molecule has 1 unspecified atom stereocenters. The van der Waals surface area contributed by atoms with Crippen molar-refractivity contribution in [3.05, 3.63) is 30.1 Å². The second-order valence-electron chi connectivity index (χ2n) is 5.50. The molecular formula is C13H20N2O6P+. The highest BCUT2D eigenvalue weighted by Gasteiger charge is 2.48. The standard InChI is InChI=1S/C13H19N2O6P/c1-22(2,19)20-7-9-10(16)11(17)13(21-9)15-5-3-4-8(6-15)12(14)18/h3-6,9-11,13,16-17H,7H2,1-2H3,(H-,14,18)/p+1/t9-,10?,11+,13-/m1/s1. The second kappa shape index (κ2) is 6.44. The van der Waals surface area contributed by atoms with E-state index < -0.39 is 37.8 Å². The molecule has 0 bridgehead atoms. The molecule has 0 aromatic carbocycles. The minimum atomic E-state index is -2.72. The first-order chi connectivity index (χ1) is 10.2. The number of hydrogen-bond donors (Lipinski definition) is 3. The molecule has 0 aliphatic carbocycles. The van der Waals surface area contributed by atoms with Crippen LogP contribution in [-0.4, -0.2) is 54.4 Å². The number of amides is 1. The van der Waals surface area contributed by atoms with Crippen LogP contribution >= 0.6 is 7.37 Å². The number of ether oxygens (including phenoxy) is 1. The minimum absolute atomic E-state index is 0.102. The van der Waals surface area contributed by atoms with E-state index in [1.54, 1.807) is 12.3 Å². The Morgan fingerprint density at radius 1 is 1.45 bits per heavy atom. The molecule has 0 saturated carbocycles. The number of nitrogens with two attached hydrogens (primary N) is 1. The number of hydrogen-bond acceptors (Lipinski definition) is 6. The molecule has 8 nitrogen and oxygen atoms in total. The van der Waals surface area contributed by atoms with Crippen molar-refractivity contribution in [2.24, 2.45) is 5.73 Å². The van der Waals surface area contributed by atoms with Gasteiger partial charge in [0.15, 0.2) is 25.9 Å². The zero-order valence-electron chi connectivity index (χ0n) is 12.3. The SMILES string of the molecule is CP(C)(=O)OC[C@H]1O[C@@H]([n+]2cccc(C(N)=O)c2)[C@@H](O)C1O. The third kappa shape index (κ3) is 3.91. The summed E-state index contributed by atoms with van der Waals surface area (Å²) in [6.07, 6.45) is -1.11. The number of nitrogens with zero attached hydrogens (tertiary/aromatic N) is 1. The Balaban J connectivity index is 2.14. The van der Waals surface area contributed by atoms with Crippen LogP contribution in [0.2, 0.25) is 0 Å². The van der Waals surface area contributed by atoms with Crippen molar-refractivity contribution in [1.82, 2.24) is 0 Å². The monoisotopic (exact) mass is 331 g/mol. The third-order valence-electron chi connectivity index (χ3n) is 3.29. The molecule has 2 rings (SSSR count). The first-order valence-electron chi connectivity index (χ1n) is 6.71. The second-order valence-corrected chi connectivity index (χ2v) is 8.26. The van der Waals surface area contributed by atoms with Gasteiger partial charge in [0.05, 0.1) is 6.61 Å². The quantitative estimate of drug-likeness (QED) is 0.482. The molecule has 1 fully saturated rings. The van der Waals surface area contributed by atoms with E-state index in [4.69, 9.17) is 15.0 Å². The number of carbonyl (C=O) groups is 1. The lowest BCUT2D eigenvalue weighted by atomic mass is 10.1. The van der Waals surface area contributed by atoms with E-state index in [9.17, 15) is 19.6 Å². The maximum atomic E-state index is 11.6. The summed E-state index contributed by atoms with van der Waals surface area (Å²) < 4.78 is 23.7. The van der Waals surface area contributed by atoms with Gasteiger partial charge in [-0.3, -0.25) is 9.36 Å². The molecule has 1 aromatic heterocycles. The van der Waals surface area contributed by atoms with Crippen LogP contribution in [0.25, 0.3) is 0 Å². The van der Waals surface area contributed by atoms with Gasteiger partial charge in [0.1, 0.15) is 17.8 Å². The van der Waals surface area contributed by atoms with Crippen LogP contribution in [0, 0.1) is 0 Å². The van der Waals surface area contributed by atoms with Gasteiger partial charge in [-0.25, -0.2) is 0 Å². The fourth-order valence-corrected chi connectivity index (χ4v) is 2.67. The van der Waals surface area contributed by atoms with E-state index in [0.717, 1.165) is 0 Å². The summed E-state index contributed by atoms with van der Waals surface area (Å²) in [6, 6.07) is 3.11. The number of aromatic nitrogens is 1.